The van der Waals surface area contributed by atoms with E-state index in [0.717, 1.165) is 11.1 Å². The van der Waals surface area contributed by atoms with Gasteiger partial charge in [-0.1, -0.05) is 48.0 Å². The Morgan fingerprint density at radius 1 is 1.12 bits per heavy atom. The highest BCUT2D eigenvalue weighted by Gasteiger charge is 2.12. The van der Waals surface area contributed by atoms with Crippen molar-refractivity contribution in [2.75, 3.05) is 6.54 Å². The van der Waals surface area contributed by atoms with E-state index in [1.165, 1.54) is 13.0 Å². The van der Waals surface area contributed by atoms with Crippen LogP contribution in [0.3, 0.4) is 0 Å². The summed E-state index contributed by atoms with van der Waals surface area (Å²) in [6, 6.07) is 14.3. The third-order valence-corrected chi connectivity index (χ3v) is 3.94. The highest BCUT2D eigenvalue weighted by Crippen LogP contribution is 2.09. The number of benzene rings is 2. The van der Waals surface area contributed by atoms with Crippen molar-refractivity contribution in [2.24, 2.45) is 0 Å². The van der Waals surface area contributed by atoms with E-state index < -0.39 is 0 Å². The van der Waals surface area contributed by atoms with Gasteiger partial charge in [0.1, 0.15) is 5.82 Å². The summed E-state index contributed by atoms with van der Waals surface area (Å²) in [6.07, 6.45) is 0.180. The van der Waals surface area contributed by atoms with E-state index in [-0.39, 0.29) is 30.6 Å². The molecule has 0 aliphatic rings. The molecular weight excluding hydrogens is 319 g/mol. The summed E-state index contributed by atoms with van der Waals surface area (Å²) in [6.45, 7) is 4.43. The number of nitrogens with zero attached hydrogens (tertiary/aromatic N) is 1. The second-order valence-corrected chi connectivity index (χ2v) is 6.05. The number of rotatable bonds is 7. The van der Waals surface area contributed by atoms with Crippen molar-refractivity contribution in [3.8, 4) is 0 Å². The highest BCUT2D eigenvalue weighted by molar-refractivity contribution is 5.78. The number of hydrogen-bond donors (Lipinski definition) is 1. The van der Waals surface area contributed by atoms with E-state index in [0.29, 0.717) is 18.7 Å². The Bertz CT molecular complexity index is 746. The average molecular weight is 342 g/mol. The van der Waals surface area contributed by atoms with Crippen molar-refractivity contribution in [2.45, 2.75) is 33.4 Å². The molecule has 0 radical (unpaired) electrons. The fraction of sp³-hybridized carbons (Fsp3) is 0.300. The van der Waals surface area contributed by atoms with Crippen LogP contribution in [-0.2, 0) is 22.7 Å². The van der Waals surface area contributed by atoms with E-state index in [9.17, 15) is 14.0 Å². The predicted octanol–water partition coefficient (Wildman–Crippen LogP) is 3.19. The van der Waals surface area contributed by atoms with Crippen LogP contribution in [0.4, 0.5) is 4.39 Å². The first-order valence-corrected chi connectivity index (χ1v) is 8.27. The van der Waals surface area contributed by atoms with Gasteiger partial charge in [-0.25, -0.2) is 4.39 Å². The molecule has 25 heavy (non-hydrogen) atoms. The molecular formula is C20H23FN2O2. The topological polar surface area (TPSA) is 49.4 Å². The molecule has 0 bridgehead atoms. The van der Waals surface area contributed by atoms with Gasteiger partial charge < -0.3 is 10.2 Å². The minimum Gasteiger partial charge on any atom is -0.352 e. The number of hydrogen-bond acceptors (Lipinski definition) is 2. The SMILES string of the molecule is CC(=O)N(CCC(=O)NCc1ccccc1F)Cc1cccc(C)c1. The Kier molecular flexibility index (Phi) is 6.69. The standard InChI is InChI=1S/C20H23FN2O2/c1-15-6-5-7-17(12-15)14-23(16(2)24)11-10-20(25)22-13-18-8-3-4-9-19(18)21/h3-9,12H,10-11,13-14H2,1-2H3,(H,22,25). The van der Waals surface area contributed by atoms with Crippen LogP contribution in [0, 0.1) is 12.7 Å². The summed E-state index contributed by atoms with van der Waals surface area (Å²) in [7, 11) is 0. The van der Waals surface area contributed by atoms with Crippen LogP contribution in [0.5, 0.6) is 0 Å². The number of carbonyl (C=O) groups excluding carboxylic acids is 2. The van der Waals surface area contributed by atoms with Gasteiger partial charge >= 0.3 is 0 Å². The second kappa shape index (κ2) is 8.97. The summed E-state index contributed by atoms with van der Waals surface area (Å²) < 4.78 is 13.5. The molecule has 1 N–H and O–H groups in total. The molecule has 0 saturated carbocycles. The summed E-state index contributed by atoms with van der Waals surface area (Å²) in [5.74, 6) is -0.630. The molecule has 0 aliphatic heterocycles. The van der Waals surface area contributed by atoms with Crippen molar-refractivity contribution in [3.05, 3.63) is 71.0 Å². The van der Waals surface area contributed by atoms with Crippen molar-refractivity contribution in [1.29, 1.82) is 0 Å². The second-order valence-electron chi connectivity index (χ2n) is 6.05. The minimum atomic E-state index is -0.340. The van der Waals surface area contributed by atoms with Crippen LogP contribution in [0.1, 0.15) is 30.0 Å². The highest BCUT2D eigenvalue weighted by atomic mass is 19.1. The van der Waals surface area contributed by atoms with Gasteiger partial charge in [0.05, 0.1) is 0 Å². The minimum absolute atomic E-state index is 0.0802. The first-order chi connectivity index (χ1) is 12.0. The van der Waals surface area contributed by atoms with Crippen LogP contribution in [0.2, 0.25) is 0 Å². The molecule has 2 aromatic carbocycles. The molecule has 0 aromatic heterocycles. The van der Waals surface area contributed by atoms with E-state index in [1.807, 2.05) is 31.2 Å². The number of aryl methyl sites for hydroxylation is 1. The zero-order valence-electron chi connectivity index (χ0n) is 14.6. The fourth-order valence-electron chi connectivity index (χ4n) is 2.54. The molecule has 0 spiro atoms. The van der Waals surface area contributed by atoms with E-state index >= 15 is 0 Å². The van der Waals surface area contributed by atoms with Crippen LogP contribution in [0.15, 0.2) is 48.5 Å². The number of amides is 2. The molecule has 0 fully saturated rings. The van der Waals surface area contributed by atoms with Gasteiger partial charge in [-0.2, -0.15) is 0 Å². The number of halogens is 1. The lowest BCUT2D eigenvalue weighted by molar-refractivity contribution is -0.130. The van der Waals surface area contributed by atoms with Gasteiger partial charge in [-0.15, -0.1) is 0 Å². The molecule has 0 aliphatic carbocycles. The van der Waals surface area contributed by atoms with E-state index in [4.69, 9.17) is 0 Å². The third kappa shape index (κ3) is 6.03. The van der Waals surface area contributed by atoms with Crippen molar-refractivity contribution in [3.63, 3.8) is 0 Å². The number of nitrogens with one attached hydrogen (secondary N) is 1. The Hall–Kier alpha value is -2.69. The van der Waals surface area contributed by atoms with E-state index in [2.05, 4.69) is 5.32 Å². The summed E-state index contributed by atoms with van der Waals surface area (Å²) in [5.41, 5.74) is 2.60. The van der Waals surface area contributed by atoms with Gasteiger partial charge in [0.15, 0.2) is 0 Å². The summed E-state index contributed by atoms with van der Waals surface area (Å²) in [4.78, 5) is 25.4. The molecule has 132 valence electrons. The molecule has 0 saturated heterocycles. The molecule has 5 heteroatoms. The van der Waals surface area contributed by atoms with Gasteiger partial charge in [0.2, 0.25) is 11.8 Å². The first kappa shape index (κ1) is 18.6. The molecule has 4 nitrogen and oxygen atoms in total. The third-order valence-electron chi connectivity index (χ3n) is 3.94. The van der Waals surface area contributed by atoms with Crippen molar-refractivity contribution < 1.29 is 14.0 Å². The average Bonchev–Trinajstić information content (AvgIpc) is 2.57. The monoisotopic (exact) mass is 342 g/mol. The molecule has 2 amide bonds. The Morgan fingerprint density at radius 3 is 2.56 bits per heavy atom. The van der Waals surface area contributed by atoms with Crippen molar-refractivity contribution >= 4 is 11.8 Å². The smallest absolute Gasteiger partial charge is 0.222 e. The van der Waals surface area contributed by atoms with Crippen LogP contribution in [0.25, 0.3) is 0 Å². The maximum Gasteiger partial charge on any atom is 0.222 e. The maximum absolute atomic E-state index is 13.5. The van der Waals surface area contributed by atoms with Crippen LogP contribution in [-0.4, -0.2) is 23.3 Å². The first-order valence-electron chi connectivity index (χ1n) is 8.27. The van der Waals surface area contributed by atoms with Gasteiger partial charge in [0.25, 0.3) is 0 Å². The molecule has 0 atom stereocenters. The molecule has 2 aromatic rings. The lowest BCUT2D eigenvalue weighted by atomic mass is 10.1. The zero-order valence-corrected chi connectivity index (χ0v) is 14.6. The van der Waals surface area contributed by atoms with Gasteiger partial charge in [0, 0.05) is 38.5 Å². The Balaban J connectivity index is 1.85. The normalized spacial score (nSPS) is 10.4. The molecule has 0 unspecified atom stereocenters. The van der Waals surface area contributed by atoms with Gasteiger partial charge in [-0.05, 0) is 18.6 Å². The predicted molar refractivity (Wildman–Crippen MR) is 95.1 cm³/mol. The molecule has 0 heterocycles. The summed E-state index contributed by atoms with van der Waals surface area (Å²) in [5, 5.41) is 2.69. The van der Waals surface area contributed by atoms with Crippen molar-refractivity contribution in [1.82, 2.24) is 10.2 Å². The quantitative estimate of drug-likeness (QED) is 0.840. The van der Waals surface area contributed by atoms with Crippen LogP contribution < -0.4 is 5.32 Å². The summed E-state index contributed by atoms with van der Waals surface area (Å²) >= 11 is 0. The number of carbonyl (C=O) groups is 2. The molecule has 2 rings (SSSR count). The Labute approximate surface area is 147 Å². The Morgan fingerprint density at radius 2 is 1.88 bits per heavy atom. The maximum atomic E-state index is 13.5. The van der Waals surface area contributed by atoms with Gasteiger partial charge in [-0.3, -0.25) is 9.59 Å². The lowest BCUT2D eigenvalue weighted by Gasteiger charge is -2.21. The lowest BCUT2D eigenvalue weighted by Crippen LogP contribution is -2.33. The largest absolute Gasteiger partial charge is 0.352 e. The fourth-order valence-corrected chi connectivity index (χ4v) is 2.54. The van der Waals surface area contributed by atoms with Crippen LogP contribution >= 0.6 is 0 Å². The van der Waals surface area contributed by atoms with E-state index in [1.54, 1.807) is 23.1 Å². The zero-order chi connectivity index (χ0) is 18.2.